The highest BCUT2D eigenvalue weighted by molar-refractivity contribution is 5.98. The van der Waals surface area contributed by atoms with Crippen molar-refractivity contribution in [2.45, 2.75) is 39.8 Å². The van der Waals surface area contributed by atoms with Crippen molar-refractivity contribution in [1.82, 2.24) is 9.80 Å². The summed E-state index contributed by atoms with van der Waals surface area (Å²) in [5.74, 6) is -3.57. The van der Waals surface area contributed by atoms with Gasteiger partial charge in [0.2, 0.25) is 11.8 Å². The van der Waals surface area contributed by atoms with E-state index in [1.807, 2.05) is 123 Å². The summed E-state index contributed by atoms with van der Waals surface area (Å²) in [6.07, 6.45) is 2.37. The second-order valence-electron chi connectivity index (χ2n) is 12.4. The Morgan fingerprint density at radius 2 is 1.02 bits per heavy atom. The van der Waals surface area contributed by atoms with Crippen molar-refractivity contribution in [3.8, 4) is 23.0 Å². The molecule has 50 heavy (non-hydrogen) atoms. The first-order valence-corrected chi connectivity index (χ1v) is 16.9. The zero-order valence-corrected chi connectivity index (χ0v) is 28.3. The van der Waals surface area contributed by atoms with Crippen molar-refractivity contribution in [3.63, 3.8) is 0 Å². The fraction of sp³-hybridized carbons (Fsp3) is 0.300. The first kappa shape index (κ1) is 35.7. The van der Waals surface area contributed by atoms with Crippen LogP contribution < -0.4 is 9.47 Å². The molecule has 1 fully saturated rings. The molecule has 0 aromatic heterocycles. The molecule has 2 amide bonds. The molecular weight excluding hydrogens is 634 g/mol. The first-order chi connectivity index (χ1) is 24.3. The highest BCUT2D eigenvalue weighted by Crippen LogP contribution is 2.48. The summed E-state index contributed by atoms with van der Waals surface area (Å²) in [6, 6.07) is 33.6. The highest BCUT2D eigenvalue weighted by atomic mass is 16.5. The minimum absolute atomic E-state index is 0.233. The van der Waals surface area contributed by atoms with Crippen LogP contribution in [-0.4, -0.2) is 57.2 Å². The van der Waals surface area contributed by atoms with E-state index in [0.29, 0.717) is 48.9 Å². The predicted octanol–water partition coefficient (Wildman–Crippen LogP) is 7.47. The summed E-state index contributed by atoms with van der Waals surface area (Å²) < 4.78 is 11.8. The van der Waals surface area contributed by atoms with Gasteiger partial charge in [0.25, 0.3) is 0 Å². The van der Waals surface area contributed by atoms with Gasteiger partial charge >= 0.3 is 5.97 Å². The van der Waals surface area contributed by atoms with Gasteiger partial charge < -0.3 is 29.6 Å². The minimum Gasteiger partial charge on any atom is -0.481 e. The topological polar surface area (TPSA) is 129 Å². The zero-order chi connectivity index (χ0) is 35.5. The van der Waals surface area contributed by atoms with Crippen LogP contribution in [0.4, 0.5) is 0 Å². The fourth-order valence-electron chi connectivity index (χ4n) is 6.50. The molecule has 1 saturated carbocycles. The number of hydrogen-bond acceptors (Lipinski definition) is 7. The Hall–Kier alpha value is -5.64. The van der Waals surface area contributed by atoms with Gasteiger partial charge in [-0.15, -0.1) is 5.16 Å². The second kappa shape index (κ2) is 17.1. The third-order valence-corrected chi connectivity index (χ3v) is 8.86. The molecule has 1 aliphatic rings. The molecule has 10 heteroatoms. The molecule has 10 nitrogen and oxygen atoms in total. The van der Waals surface area contributed by atoms with Crippen LogP contribution in [0.3, 0.4) is 0 Å². The van der Waals surface area contributed by atoms with E-state index in [1.165, 1.54) is 0 Å². The summed E-state index contributed by atoms with van der Waals surface area (Å²) in [7, 11) is 0. The van der Waals surface area contributed by atoms with Crippen LogP contribution in [0.15, 0.2) is 114 Å². The third-order valence-electron chi connectivity index (χ3n) is 8.86. The molecule has 0 radical (unpaired) electrons. The molecule has 0 heterocycles. The Balaban J connectivity index is 1.34. The number of aliphatic carboxylic acids is 1. The molecule has 260 valence electrons. The molecule has 0 saturated heterocycles. The number of nitrogens with zero attached hydrogens (tertiary/aromatic N) is 3. The highest BCUT2D eigenvalue weighted by Gasteiger charge is 2.61. The lowest BCUT2D eigenvalue weighted by atomic mass is 9.55. The van der Waals surface area contributed by atoms with Gasteiger partial charge in [0, 0.05) is 38.3 Å². The van der Waals surface area contributed by atoms with Crippen LogP contribution in [0.2, 0.25) is 0 Å². The number of para-hydroxylation sites is 2. The average molecular weight is 678 g/mol. The van der Waals surface area contributed by atoms with E-state index in [2.05, 4.69) is 5.16 Å². The first-order valence-electron chi connectivity index (χ1n) is 16.9. The van der Waals surface area contributed by atoms with E-state index >= 15 is 0 Å². The number of hydrogen-bond donors (Lipinski definition) is 2. The largest absolute Gasteiger partial charge is 0.481 e. The quantitative estimate of drug-likeness (QED) is 0.0715. The van der Waals surface area contributed by atoms with Crippen LogP contribution >= 0.6 is 0 Å². The SMILES string of the molecule is CCCN(Cc1ccc(Oc2ccccc2)cc1)C(=O)C1C(C=NO)C(C(=O)O)C1C(=O)N(CCC)Cc1ccc(Oc2ccccc2)cc1. The lowest BCUT2D eigenvalue weighted by Gasteiger charge is -2.48. The molecule has 0 spiro atoms. The fourth-order valence-corrected chi connectivity index (χ4v) is 6.50. The maximum atomic E-state index is 14.3. The Kier molecular flexibility index (Phi) is 12.2. The Morgan fingerprint density at radius 1 is 0.620 bits per heavy atom. The van der Waals surface area contributed by atoms with Gasteiger partial charge in [-0.25, -0.2) is 0 Å². The van der Waals surface area contributed by atoms with Gasteiger partial charge in [-0.05, 0) is 72.5 Å². The van der Waals surface area contributed by atoms with Gasteiger partial charge in [-0.1, -0.05) is 74.5 Å². The van der Waals surface area contributed by atoms with Crippen LogP contribution in [0.1, 0.15) is 37.8 Å². The zero-order valence-electron chi connectivity index (χ0n) is 28.3. The van der Waals surface area contributed by atoms with E-state index in [4.69, 9.17) is 9.47 Å². The number of carboxylic acid groups (broad SMARTS) is 1. The van der Waals surface area contributed by atoms with Crippen molar-refractivity contribution < 1.29 is 34.2 Å². The maximum Gasteiger partial charge on any atom is 0.308 e. The minimum atomic E-state index is -1.22. The van der Waals surface area contributed by atoms with Crippen molar-refractivity contribution in [2.24, 2.45) is 28.8 Å². The number of benzene rings is 4. The van der Waals surface area contributed by atoms with Crippen LogP contribution in [0.5, 0.6) is 23.0 Å². The van der Waals surface area contributed by atoms with Gasteiger partial charge in [0.15, 0.2) is 0 Å². The summed E-state index contributed by atoms with van der Waals surface area (Å²) >= 11 is 0. The van der Waals surface area contributed by atoms with Crippen molar-refractivity contribution in [2.75, 3.05) is 13.1 Å². The molecule has 2 N–H and O–H groups in total. The lowest BCUT2D eigenvalue weighted by molar-refractivity contribution is -0.173. The Labute approximate surface area is 292 Å². The molecule has 0 bridgehead atoms. The summed E-state index contributed by atoms with van der Waals surface area (Å²) in [5, 5.41) is 22.8. The third kappa shape index (κ3) is 8.68. The molecule has 4 unspecified atom stereocenters. The summed E-state index contributed by atoms with van der Waals surface area (Å²) in [6.45, 7) is 5.15. The predicted molar refractivity (Wildman–Crippen MR) is 189 cm³/mol. The normalized spacial score (nSPS) is 18.2. The number of oxime groups is 1. The van der Waals surface area contributed by atoms with Crippen molar-refractivity contribution >= 4 is 24.0 Å². The van der Waals surface area contributed by atoms with E-state index in [-0.39, 0.29) is 19.0 Å². The van der Waals surface area contributed by atoms with Crippen LogP contribution in [0.25, 0.3) is 0 Å². The van der Waals surface area contributed by atoms with Gasteiger partial charge in [0.05, 0.1) is 17.8 Å². The van der Waals surface area contributed by atoms with E-state index in [1.54, 1.807) is 9.80 Å². The van der Waals surface area contributed by atoms with Crippen molar-refractivity contribution in [1.29, 1.82) is 0 Å². The molecule has 5 rings (SSSR count). The monoisotopic (exact) mass is 677 g/mol. The number of carbonyl (C=O) groups is 3. The number of ether oxygens (including phenoxy) is 2. The van der Waals surface area contributed by atoms with E-state index in [9.17, 15) is 24.7 Å². The second-order valence-corrected chi connectivity index (χ2v) is 12.4. The van der Waals surface area contributed by atoms with E-state index in [0.717, 1.165) is 17.3 Å². The molecule has 4 aromatic rings. The number of amides is 2. The molecule has 1 aliphatic carbocycles. The summed E-state index contributed by atoms with van der Waals surface area (Å²) in [5.41, 5.74) is 1.69. The number of rotatable bonds is 16. The van der Waals surface area contributed by atoms with Gasteiger partial charge in [0.1, 0.15) is 23.0 Å². The van der Waals surface area contributed by atoms with Gasteiger partial charge in [-0.3, -0.25) is 14.4 Å². The number of carboxylic acids is 1. The molecule has 4 aromatic carbocycles. The van der Waals surface area contributed by atoms with Crippen molar-refractivity contribution in [3.05, 3.63) is 120 Å². The Morgan fingerprint density at radius 3 is 1.40 bits per heavy atom. The lowest BCUT2D eigenvalue weighted by Crippen LogP contribution is -2.62. The standard InChI is InChI=1S/C40H43N3O7/c1-3-23-42(26-28-15-19-32(20-16-28)49-30-11-7-5-8-12-30)38(44)35-34(25-41-48)36(40(46)47)37(35)39(45)43(24-4-2)27-29-17-21-33(22-18-29)50-31-13-9-6-10-14-31/h5-22,25,34-37,48H,3-4,23-24,26-27H2,1-2H3,(H,46,47). The smallest absolute Gasteiger partial charge is 0.308 e. The maximum absolute atomic E-state index is 14.3. The molecule has 0 aliphatic heterocycles. The molecule has 4 atom stereocenters. The Bertz CT molecular complexity index is 1730. The number of carbonyl (C=O) groups excluding carboxylic acids is 2. The van der Waals surface area contributed by atoms with Crippen LogP contribution in [-0.2, 0) is 27.5 Å². The molecular formula is C40H43N3O7. The summed E-state index contributed by atoms with van der Waals surface area (Å²) in [4.78, 5) is 44.4. The van der Waals surface area contributed by atoms with Gasteiger partial charge in [-0.2, -0.15) is 0 Å². The average Bonchev–Trinajstić information content (AvgIpc) is 3.11. The van der Waals surface area contributed by atoms with Crippen LogP contribution in [0, 0.1) is 23.7 Å². The van der Waals surface area contributed by atoms with E-state index < -0.39 is 35.5 Å².